The van der Waals surface area contributed by atoms with Crippen LogP contribution in [0.15, 0.2) is 0 Å². The van der Waals surface area contributed by atoms with Crippen molar-refractivity contribution in [2.24, 2.45) is 0 Å². The predicted octanol–water partition coefficient (Wildman–Crippen LogP) is 0.760. The van der Waals surface area contributed by atoms with Crippen molar-refractivity contribution >= 4 is 0 Å². The van der Waals surface area contributed by atoms with E-state index in [1.807, 2.05) is 0 Å². The van der Waals surface area contributed by atoms with E-state index in [4.69, 9.17) is 6.42 Å². The van der Waals surface area contributed by atoms with E-state index >= 15 is 0 Å². The van der Waals surface area contributed by atoms with Gasteiger partial charge < -0.3 is 10.4 Å². The van der Waals surface area contributed by atoms with E-state index in [9.17, 15) is 5.11 Å². The van der Waals surface area contributed by atoms with Crippen LogP contribution in [-0.2, 0) is 0 Å². The second kappa shape index (κ2) is 5.17. The Bertz CT molecular complexity index is 129. The zero-order chi connectivity index (χ0) is 8.74. The van der Waals surface area contributed by atoms with Crippen molar-refractivity contribution < 1.29 is 5.11 Å². The molecule has 0 aromatic rings. The van der Waals surface area contributed by atoms with E-state index in [1.54, 1.807) is 13.8 Å². The van der Waals surface area contributed by atoms with Gasteiger partial charge in [0.2, 0.25) is 0 Å². The summed E-state index contributed by atoms with van der Waals surface area (Å²) in [7, 11) is 0. The first-order chi connectivity index (χ1) is 5.06. The van der Waals surface area contributed by atoms with Crippen molar-refractivity contribution in [1.82, 2.24) is 5.32 Å². The highest BCUT2D eigenvalue weighted by atomic mass is 16.3. The normalized spacial score (nSPS) is 11.1. The van der Waals surface area contributed by atoms with E-state index in [0.717, 1.165) is 19.4 Å². The molecule has 11 heavy (non-hydrogen) atoms. The molecule has 0 saturated heterocycles. The molecule has 2 heteroatoms. The van der Waals surface area contributed by atoms with Gasteiger partial charge in [-0.25, -0.2) is 0 Å². The summed E-state index contributed by atoms with van der Waals surface area (Å²) in [5.41, 5.74) is -0.615. The summed E-state index contributed by atoms with van der Waals surface area (Å²) in [4.78, 5) is 0. The van der Waals surface area contributed by atoms with Crippen LogP contribution in [0.2, 0.25) is 0 Å². The van der Waals surface area contributed by atoms with Crippen molar-refractivity contribution in [3.8, 4) is 12.3 Å². The molecule has 0 aromatic carbocycles. The third kappa shape index (κ3) is 9.48. The summed E-state index contributed by atoms with van der Waals surface area (Å²) in [6.45, 7) is 5.06. The average molecular weight is 155 g/mol. The maximum Gasteiger partial charge on any atom is 0.0715 e. The number of unbranched alkanes of at least 4 members (excludes halogenated alkanes) is 1. The van der Waals surface area contributed by atoms with Gasteiger partial charge in [0.25, 0.3) is 0 Å². The maximum atomic E-state index is 9.27. The topological polar surface area (TPSA) is 32.3 Å². The summed E-state index contributed by atoms with van der Waals surface area (Å²) < 4.78 is 0. The second-order valence-electron chi connectivity index (χ2n) is 3.30. The monoisotopic (exact) mass is 155 g/mol. The number of nitrogens with one attached hydrogen (secondary N) is 1. The number of hydrogen-bond acceptors (Lipinski definition) is 2. The molecule has 0 spiro atoms. The minimum absolute atomic E-state index is 0.615. The first kappa shape index (κ1) is 10.5. The first-order valence-corrected chi connectivity index (χ1v) is 3.93. The number of hydrogen-bond donors (Lipinski definition) is 2. The number of terminal acetylenes is 1. The molecule has 0 heterocycles. The van der Waals surface area contributed by atoms with Crippen LogP contribution in [0, 0.1) is 12.3 Å². The maximum absolute atomic E-state index is 9.27. The highest BCUT2D eigenvalue weighted by Gasteiger charge is 2.09. The molecule has 0 saturated carbocycles. The lowest BCUT2D eigenvalue weighted by Gasteiger charge is -2.17. The molecule has 0 aliphatic carbocycles. The van der Waals surface area contributed by atoms with Crippen LogP contribution in [0.1, 0.15) is 26.7 Å². The molecular weight excluding hydrogens is 138 g/mol. The van der Waals surface area contributed by atoms with Crippen molar-refractivity contribution in [3.63, 3.8) is 0 Å². The van der Waals surface area contributed by atoms with Gasteiger partial charge in [0.05, 0.1) is 5.60 Å². The van der Waals surface area contributed by atoms with Crippen LogP contribution in [-0.4, -0.2) is 23.8 Å². The lowest BCUT2D eigenvalue weighted by atomic mass is 10.1. The Morgan fingerprint density at radius 1 is 1.55 bits per heavy atom. The average Bonchev–Trinajstić information content (AvgIpc) is 1.85. The Balaban J connectivity index is 3.10. The Morgan fingerprint density at radius 2 is 2.18 bits per heavy atom. The molecule has 0 radical (unpaired) electrons. The first-order valence-electron chi connectivity index (χ1n) is 3.93. The fraction of sp³-hybridized carbons (Fsp3) is 0.778. The summed E-state index contributed by atoms with van der Waals surface area (Å²) in [6, 6.07) is 0. The fourth-order valence-electron chi connectivity index (χ4n) is 0.710. The summed E-state index contributed by atoms with van der Waals surface area (Å²) >= 11 is 0. The smallest absolute Gasteiger partial charge is 0.0715 e. The second-order valence-corrected chi connectivity index (χ2v) is 3.30. The van der Waals surface area contributed by atoms with Crippen molar-refractivity contribution in [3.05, 3.63) is 0 Å². The Morgan fingerprint density at radius 3 is 2.64 bits per heavy atom. The van der Waals surface area contributed by atoms with Gasteiger partial charge in [0.15, 0.2) is 0 Å². The molecule has 0 bridgehead atoms. The zero-order valence-electron chi connectivity index (χ0n) is 7.35. The van der Waals surface area contributed by atoms with E-state index in [1.165, 1.54) is 0 Å². The summed E-state index contributed by atoms with van der Waals surface area (Å²) in [5, 5.41) is 12.4. The molecule has 2 nitrogen and oxygen atoms in total. The van der Waals surface area contributed by atoms with Gasteiger partial charge in [0.1, 0.15) is 0 Å². The van der Waals surface area contributed by atoms with E-state index < -0.39 is 5.60 Å². The van der Waals surface area contributed by atoms with Crippen LogP contribution in [0.4, 0.5) is 0 Å². The lowest BCUT2D eigenvalue weighted by molar-refractivity contribution is 0.0800. The summed E-state index contributed by atoms with van der Waals surface area (Å²) in [6.07, 6.45) is 6.85. The SMILES string of the molecule is C#CCCCNCC(C)(C)O. The predicted molar refractivity (Wildman–Crippen MR) is 47.2 cm³/mol. The molecule has 0 aromatic heterocycles. The van der Waals surface area contributed by atoms with Gasteiger partial charge in [-0.05, 0) is 26.8 Å². The van der Waals surface area contributed by atoms with Crippen molar-refractivity contribution in [2.45, 2.75) is 32.3 Å². The molecule has 0 amide bonds. The minimum atomic E-state index is -0.615. The Kier molecular flexibility index (Phi) is 4.93. The van der Waals surface area contributed by atoms with E-state index in [2.05, 4.69) is 11.2 Å². The molecule has 0 fully saturated rings. The molecule has 0 rings (SSSR count). The van der Waals surface area contributed by atoms with Crippen LogP contribution in [0.25, 0.3) is 0 Å². The molecule has 0 aliphatic rings. The third-order valence-electron chi connectivity index (χ3n) is 1.23. The third-order valence-corrected chi connectivity index (χ3v) is 1.23. The lowest BCUT2D eigenvalue weighted by Crippen LogP contribution is -2.35. The molecular formula is C9H17NO. The van der Waals surface area contributed by atoms with E-state index in [0.29, 0.717) is 6.54 Å². The molecule has 0 aliphatic heterocycles. The Labute approximate surface area is 69.0 Å². The molecule has 64 valence electrons. The minimum Gasteiger partial charge on any atom is -0.389 e. The highest BCUT2D eigenvalue weighted by Crippen LogP contribution is 1.96. The number of aliphatic hydroxyl groups is 1. The van der Waals surface area contributed by atoms with Crippen molar-refractivity contribution in [1.29, 1.82) is 0 Å². The zero-order valence-corrected chi connectivity index (χ0v) is 7.35. The molecule has 2 N–H and O–H groups in total. The summed E-state index contributed by atoms with van der Waals surface area (Å²) in [5.74, 6) is 2.56. The molecule has 0 unspecified atom stereocenters. The van der Waals surface area contributed by atoms with Gasteiger partial charge in [0, 0.05) is 13.0 Å². The van der Waals surface area contributed by atoms with Crippen LogP contribution in [0.3, 0.4) is 0 Å². The van der Waals surface area contributed by atoms with Crippen LogP contribution >= 0.6 is 0 Å². The van der Waals surface area contributed by atoms with Gasteiger partial charge in [-0.1, -0.05) is 0 Å². The van der Waals surface area contributed by atoms with E-state index in [-0.39, 0.29) is 0 Å². The number of rotatable bonds is 5. The molecule has 0 atom stereocenters. The Hall–Kier alpha value is -0.520. The standard InChI is InChI=1S/C9H17NO/c1-4-5-6-7-10-8-9(2,3)11/h1,10-11H,5-8H2,2-3H3. The van der Waals surface area contributed by atoms with Gasteiger partial charge in [-0.2, -0.15) is 0 Å². The highest BCUT2D eigenvalue weighted by molar-refractivity contribution is 4.83. The van der Waals surface area contributed by atoms with Gasteiger partial charge >= 0.3 is 0 Å². The van der Waals surface area contributed by atoms with Gasteiger partial charge in [-0.3, -0.25) is 0 Å². The van der Waals surface area contributed by atoms with Crippen molar-refractivity contribution in [2.75, 3.05) is 13.1 Å². The fourth-order valence-corrected chi connectivity index (χ4v) is 0.710. The largest absolute Gasteiger partial charge is 0.389 e. The van der Waals surface area contributed by atoms with Crippen LogP contribution in [0.5, 0.6) is 0 Å². The van der Waals surface area contributed by atoms with Crippen LogP contribution < -0.4 is 5.32 Å². The van der Waals surface area contributed by atoms with Gasteiger partial charge in [-0.15, -0.1) is 12.3 Å². The quantitative estimate of drug-likeness (QED) is 0.454.